The highest BCUT2D eigenvalue weighted by atomic mass is 16.4. The van der Waals surface area contributed by atoms with Crippen LogP contribution in [0.5, 0.6) is 0 Å². The number of nitrogens with two attached hydrogens (primary N) is 1. The van der Waals surface area contributed by atoms with E-state index in [-0.39, 0.29) is 5.56 Å². The fourth-order valence-corrected chi connectivity index (χ4v) is 3.06. The van der Waals surface area contributed by atoms with E-state index in [1.807, 2.05) is 42.5 Å². The van der Waals surface area contributed by atoms with Gasteiger partial charge in [0.15, 0.2) is 0 Å². The third-order valence-electron chi connectivity index (χ3n) is 4.30. The first kappa shape index (κ1) is 15.8. The summed E-state index contributed by atoms with van der Waals surface area (Å²) in [5.74, 6) is -1.00. The number of aromatic carboxylic acids is 1. The van der Waals surface area contributed by atoms with Crippen LogP contribution in [0, 0.1) is 0 Å². The molecule has 0 radical (unpaired) electrons. The monoisotopic (exact) mass is 341 g/mol. The van der Waals surface area contributed by atoms with Crippen molar-refractivity contribution in [2.75, 3.05) is 5.73 Å². The molecule has 2 aromatic carbocycles. The lowest BCUT2D eigenvalue weighted by Gasteiger charge is -2.12. The first-order valence-electron chi connectivity index (χ1n) is 8.07. The minimum atomic E-state index is -1.00. The fourth-order valence-electron chi connectivity index (χ4n) is 3.06. The standard InChI is InChI=1S/C21H15N3O2/c22-18-9-6-13(19-5-1-2-10-23-19)12-17(18)14-7-8-16(21(25)26)20-15(14)4-3-11-24-20/h1-12H,22H2,(H,25,26). The van der Waals surface area contributed by atoms with E-state index in [9.17, 15) is 9.90 Å². The largest absolute Gasteiger partial charge is 0.478 e. The van der Waals surface area contributed by atoms with E-state index < -0.39 is 5.97 Å². The number of carboxylic acids is 1. The Balaban J connectivity index is 1.97. The van der Waals surface area contributed by atoms with Gasteiger partial charge in [-0.15, -0.1) is 0 Å². The Morgan fingerprint density at radius 3 is 2.50 bits per heavy atom. The Bertz CT molecular complexity index is 1120. The van der Waals surface area contributed by atoms with Crippen molar-refractivity contribution in [1.29, 1.82) is 0 Å². The van der Waals surface area contributed by atoms with E-state index in [4.69, 9.17) is 5.73 Å². The predicted molar refractivity (Wildman–Crippen MR) is 102 cm³/mol. The van der Waals surface area contributed by atoms with Gasteiger partial charge >= 0.3 is 5.97 Å². The number of nitrogens with zero attached hydrogens (tertiary/aromatic N) is 2. The van der Waals surface area contributed by atoms with E-state index >= 15 is 0 Å². The Hall–Kier alpha value is -3.73. The summed E-state index contributed by atoms with van der Waals surface area (Å²) < 4.78 is 0. The molecule has 0 aliphatic rings. The Labute approximate surface area is 149 Å². The van der Waals surface area contributed by atoms with Crippen molar-refractivity contribution in [2.24, 2.45) is 0 Å². The average Bonchev–Trinajstić information content (AvgIpc) is 2.68. The first-order chi connectivity index (χ1) is 12.6. The number of fused-ring (bicyclic) bond motifs is 1. The molecule has 2 aromatic heterocycles. The fraction of sp³-hybridized carbons (Fsp3) is 0. The lowest BCUT2D eigenvalue weighted by atomic mass is 9.94. The topological polar surface area (TPSA) is 89.1 Å². The van der Waals surface area contributed by atoms with Gasteiger partial charge < -0.3 is 10.8 Å². The molecule has 0 saturated heterocycles. The van der Waals surface area contributed by atoms with Crippen molar-refractivity contribution in [2.45, 2.75) is 0 Å². The van der Waals surface area contributed by atoms with Gasteiger partial charge in [-0.05, 0) is 42.0 Å². The summed E-state index contributed by atoms with van der Waals surface area (Å²) in [5, 5.41) is 10.2. The zero-order valence-electron chi connectivity index (χ0n) is 13.8. The molecule has 5 nitrogen and oxygen atoms in total. The smallest absolute Gasteiger partial charge is 0.337 e. The minimum Gasteiger partial charge on any atom is -0.478 e. The number of carbonyl (C=O) groups is 1. The molecule has 0 bridgehead atoms. The highest BCUT2D eigenvalue weighted by molar-refractivity contribution is 6.08. The summed E-state index contributed by atoms with van der Waals surface area (Å²) in [6, 6.07) is 18.5. The van der Waals surface area contributed by atoms with Gasteiger partial charge in [-0.3, -0.25) is 9.97 Å². The quantitative estimate of drug-likeness (QED) is 0.544. The van der Waals surface area contributed by atoms with Crippen LogP contribution in [0.3, 0.4) is 0 Å². The van der Waals surface area contributed by atoms with Crippen LogP contribution in [0.1, 0.15) is 10.4 Å². The maximum atomic E-state index is 11.5. The summed E-state index contributed by atoms with van der Waals surface area (Å²) in [6.07, 6.45) is 3.33. The van der Waals surface area contributed by atoms with Crippen molar-refractivity contribution >= 4 is 22.6 Å². The number of hydrogen-bond acceptors (Lipinski definition) is 4. The maximum absolute atomic E-state index is 11.5. The van der Waals surface area contributed by atoms with Gasteiger partial charge in [0, 0.05) is 34.6 Å². The van der Waals surface area contributed by atoms with E-state index in [1.54, 1.807) is 30.6 Å². The predicted octanol–water partition coefficient (Wildman–Crippen LogP) is 4.24. The van der Waals surface area contributed by atoms with Crippen LogP contribution < -0.4 is 5.73 Å². The Kier molecular flexibility index (Phi) is 3.82. The normalized spacial score (nSPS) is 10.8. The summed E-state index contributed by atoms with van der Waals surface area (Å²) in [5.41, 5.74) is 10.9. The van der Waals surface area contributed by atoms with Crippen LogP contribution in [0.4, 0.5) is 5.69 Å². The van der Waals surface area contributed by atoms with Gasteiger partial charge in [-0.1, -0.05) is 24.3 Å². The van der Waals surface area contributed by atoms with Gasteiger partial charge in [0.2, 0.25) is 0 Å². The van der Waals surface area contributed by atoms with E-state index in [1.165, 1.54) is 0 Å². The highest BCUT2D eigenvalue weighted by Crippen LogP contribution is 2.35. The van der Waals surface area contributed by atoms with Crippen LogP contribution in [-0.2, 0) is 0 Å². The van der Waals surface area contributed by atoms with Crippen LogP contribution in [0.2, 0.25) is 0 Å². The molecule has 0 aliphatic carbocycles. The number of anilines is 1. The molecule has 26 heavy (non-hydrogen) atoms. The van der Waals surface area contributed by atoms with Crippen molar-refractivity contribution < 1.29 is 9.90 Å². The number of pyridine rings is 2. The minimum absolute atomic E-state index is 0.170. The number of nitrogen functional groups attached to an aromatic ring is 1. The van der Waals surface area contributed by atoms with Crippen LogP contribution >= 0.6 is 0 Å². The average molecular weight is 341 g/mol. The van der Waals surface area contributed by atoms with Crippen LogP contribution in [-0.4, -0.2) is 21.0 Å². The van der Waals surface area contributed by atoms with Gasteiger partial charge in [-0.2, -0.15) is 0 Å². The number of benzene rings is 2. The molecule has 0 atom stereocenters. The summed E-state index contributed by atoms with van der Waals surface area (Å²) in [4.78, 5) is 20.1. The number of hydrogen-bond donors (Lipinski definition) is 2. The molecule has 4 aromatic rings. The third kappa shape index (κ3) is 2.65. The molecule has 0 amide bonds. The van der Waals surface area contributed by atoms with Gasteiger partial charge in [0.05, 0.1) is 16.8 Å². The Morgan fingerprint density at radius 2 is 1.73 bits per heavy atom. The molecule has 0 unspecified atom stereocenters. The summed E-state index contributed by atoms with van der Waals surface area (Å²) in [7, 11) is 0. The van der Waals surface area contributed by atoms with Crippen LogP contribution in [0.15, 0.2) is 73.1 Å². The molecule has 3 N–H and O–H groups in total. The second-order valence-corrected chi connectivity index (χ2v) is 5.88. The second kappa shape index (κ2) is 6.29. The van der Waals surface area contributed by atoms with Crippen molar-refractivity contribution in [3.8, 4) is 22.4 Å². The Morgan fingerprint density at radius 1 is 0.885 bits per heavy atom. The zero-order chi connectivity index (χ0) is 18.1. The van der Waals surface area contributed by atoms with Crippen LogP contribution in [0.25, 0.3) is 33.3 Å². The maximum Gasteiger partial charge on any atom is 0.337 e. The molecule has 0 fully saturated rings. The first-order valence-corrected chi connectivity index (χ1v) is 8.07. The lowest BCUT2D eigenvalue weighted by molar-refractivity contribution is 0.0699. The molecule has 5 heteroatoms. The molecule has 0 saturated carbocycles. The number of carboxylic acid groups (broad SMARTS) is 1. The van der Waals surface area contributed by atoms with Gasteiger partial charge in [-0.25, -0.2) is 4.79 Å². The van der Waals surface area contributed by atoms with E-state index in [2.05, 4.69) is 9.97 Å². The molecule has 4 rings (SSSR count). The second-order valence-electron chi connectivity index (χ2n) is 5.88. The molecule has 126 valence electrons. The SMILES string of the molecule is Nc1ccc(-c2ccccn2)cc1-c1ccc(C(=O)O)c2ncccc12. The summed E-state index contributed by atoms with van der Waals surface area (Å²) >= 11 is 0. The molecule has 0 aliphatic heterocycles. The van der Waals surface area contributed by atoms with Crippen molar-refractivity contribution in [3.63, 3.8) is 0 Å². The molecule has 2 heterocycles. The summed E-state index contributed by atoms with van der Waals surface area (Å²) in [6.45, 7) is 0. The van der Waals surface area contributed by atoms with Gasteiger partial charge in [0.1, 0.15) is 0 Å². The molecule has 0 spiro atoms. The number of aromatic nitrogens is 2. The number of rotatable bonds is 3. The van der Waals surface area contributed by atoms with Crippen molar-refractivity contribution in [1.82, 2.24) is 9.97 Å². The highest BCUT2D eigenvalue weighted by Gasteiger charge is 2.15. The molecular formula is C21H15N3O2. The van der Waals surface area contributed by atoms with Gasteiger partial charge in [0.25, 0.3) is 0 Å². The van der Waals surface area contributed by atoms with E-state index in [0.29, 0.717) is 11.2 Å². The lowest BCUT2D eigenvalue weighted by Crippen LogP contribution is -2.00. The molecular weight excluding hydrogens is 326 g/mol. The third-order valence-corrected chi connectivity index (χ3v) is 4.30. The van der Waals surface area contributed by atoms with Crippen molar-refractivity contribution in [3.05, 3.63) is 78.6 Å². The zero-order valence-corrected chi connectivity index (χ0v) is 13.8. The van der Waals surface area contributed by atoms with E-state index in [0.717, 1.165) is 27.8 Å².